The number of nitrogens with one attached hydrogen (secondary N) is 2. The Labute approximate surface area is 160 Å². The van der Waals surface area contributed by atoms with E-state index in [-0.39, 0.29) is 29.6 Å². The van der Waals surface area contributed by atoms with E-state index in [0.29, 0.717) is 19.4 Å². The third-order valence-corrected chi connectivity index (χ3v) is 6.80. The fourth-order valence-electron chi connectivity index (χ4n) is 6.15. The summed E-state index contributed by atoms with van der Waals surface area (Å²) in [5.74, 6) is 2.09. The van der Waals surface area contributed by atoms with E-state index in [1.54, 1.807) is 12.1 Å². The molecule has 4 saturated carbocycles. The van der Waals surface area contributed by atoms with Crippen LogP contribution < -0.4 is 10.6 Å². The molecule has 1 aromatic rings. The second-order valence-electron chi connectivity index (χ2n) is 9.10. The Kier molecular flexibility index (Phi) is 5.20. The summed E-state index contributed by atoms with van der Waals surface area (Å²) in [6.45, 7) is 0.518. The van der Waals surface area contributed by atoms with Crippen molar-refractivity contribution in [1.82, 2.24) is 10.6 Å². The topological polar surface area (TPSA) is 58.2 Å². The van der Waals surface area contributed by atoms with Crippen molar-refractivity contribution in [2.24, 2.45) is 23.2 Å². The Bertz CT molecular complexity index is 665. The zero-order chi connectivity index (χ0) is 18.9. The first kappa shape index (κ1) is 18.5. The molecule has 4 bridgehead atoms. The monoisotopic (exact) mass is 372 g/mol. The van der Waals surface area contributed by atoms with E-state index >= 15 is 0 Å². The molecule has 4 aliphatic rings. The maximum Gasteiger partial charge on any atom is 0.239 e. The number of halogens is 1. The smallest absolute Gasteiger partial charge is 0.239 e. The van der Waals surface area contributed by atoms with Crippen LogP contribution in [0, 0.1) is 29.0 Å². The molecule has 146 valence electrons. The van der Waals surface area contributed by atoms with Crippen molar-refractivity contribution >= 4 is 11.8 Å². The van der Waals surface area contributed by atoms with Gasteiger partial charge < -0.3 is 10.6 Å². The minimum atomic E-state index is -0.260. The molecule has 2 N–H and O–H groups in total. The average Bonchev–Trinajstić information content (AvgIpc) is 2.60. The highest BCUT2D eigenvalue weighted by atomic mass is 19.1. The summed E-state index contributed by atoms with van der Waals surface area (Å²) in [6, 6.07) is 6.27. The van der Waals surface area contributed by atoms with Gasteiger partial charge in [-0.1, -0.05) is 12.1 Å². The van der Waals surface area contributed by atoms with Crippen LogP contribution in [0.15, 0.2) is 24.3 Å². The van der Waals surface area contributed by atoms with Gasteiger partial charge in [0.05, 0.1) is 6.54 Å². The van der Waals surface area contributed by atoms with Gasteiger partial charge in [0.1, 0.15) is 5.82 Å². The van der Waals surface area contributed by atoms with Crippen molar-refractivity contribution in [2.45, 2.75) is 51.4 Å². The van der Waals surface area contributed by atoms with Gasteiger partial charge in [0.25, 0.3) is 0 Å². The first-order valence-electron chi connectivity index (χ1n) is 10.3. The summed E-state index contributed by atoms with van der Waals surface area (Å²) in [7, 11) is 0. The molecule has 0 unspecified atom stereocenters. The quantitative estimate of drug-likeness (QED) is 0.772. The number of hydrogen-bond donors (Lipinski definition) is 2. The van der Waals surface area contributed by atoms with Gasteiger partial charge in [0, 0.05) is 13.0 Å². The summed E-state index contributed by atoms with van der Waals surface area (Å²) in [5.41, 5.74) is 1.18. The van der Waals surface area contributed by atoms with Gasteiger partial charge in [-0.15, -0.1) is 0 Å². The molecule has 4 aliphatic carbocycles. The Morgan fingerprint density at radius 2 is 1.52 bits per heavy atom. The number of hydrogen-bond acceptors (Lipinski definition) is 2. The number of amides is 2. The molecule has 4 fully saturated rings. The second-order valence-corrected chi connectivity index (χ2v) is 9.10. The molecule has 0 spiro atoms. The molecule has 0 radical (unpaired) electrons. The van der Waals surface area contributed by atoms with E-state index in [2.05, 4.69) is 10.6 Å². The fraction of sp³-hybridized carbons (Fsp3) is 0.636. The first-order valence-corrected chi connectivity index (χ1v) is 10.3. The van der Waals surface area contributed by atoms with Gasteiger partial charge in [-0.05, 0) is 85.8 Å². The lowest BCUT2D eigenvalue weighted by Crippen LogP contribution is -2.48. The normalized spacial score (nSPS) is 30.9. The van der Waals surface area contributed by atoms with Crippen LogP contribution in [0.3, 0.4) is 0 Å². The largest absolute Gasteiger partial charge is 0.354 e. The van der Waals surface area contributed by atoms with Crippen molar-refractivity contribution in [1.29, 1.82) is 0 Å². The SMILES string of the molecule is O=C(CNC(=O)CC12CC3CC(CC(C3)C1)C2)NCCc1ccc(F)cc1. The Hall–Kier alpha value is -1.91. The predicted molar refractivity (Wildman–Crippen MR) is 101 cm³/mol. The van der Waals surface area contributed by atoms with E-state index in [0.717, 1.165) is 23.3 Å². The molecule has 0 heterocycles. The molecule has 5 rings (SSSR count). The molecule has 0 atom stereocenters. The number of carbonyl (C=O) groups is 2. The van der Waals surface area contributed by atoms with Gasteiger partial charge in [-0.25, -0.2) is 4.39 Å². The second kappa shape index (κ2) is 7.61. The van der Waals surface area contributed by atoms with Crippen LogP contribution in [0.1, 0.15) is 50.5 Å². The maximum absolute atomic E-state index is 12.9. The molecular weight excluding hydrogens is 343 g/mol. The van der Waals surface area contributed by atoms with Crippen LogP contribution in [-0.4, -0.2) is 24.9 Å². The highest BCUT2D eigenvalue weighted by Crippen LogP contribution is 2.61. The van der Waals surface area contributed by atoms with Crippen LogP contribution in [0.25, 0.3) is 0 Å². The Morgan fingerprint density at radius 3 is 2.11 bits per heavy atom. The van der Waals surface area contributed by atoms with Crippen molar-refractivity contribution < 1.29 is 14.0 Å². The number of benzene rings is 1. The molecule has 4 nitrogen and oxygen atoms in total. The molecule has 0 saturated heterocycles. The Morgan fingerprint density at radius 1 is 0.926 bits per heavy atom. The van der Waals surface area contributed by atoms with E-state index in [1.807, 2.05) is 0 Å². The van der Waals surface area contributed by atoms with E-state index < -0.39 is 0 Å². The highest BCUT2D eigenvalue weighted by Gasteiger charge is 2.51. The van der Waals surface area contributed by atoms with Crippen LogP contribution in [0.2, 0.25) is 0 Å². The maximum atomic E-state index is 12.9. The van der Waals surface area contributed by atoms with E-state index in [4.69, 9.17) is 0 Å². The summed E-state index contributed by atoms with van der Waals surface area (Å²) in [6.07, 6.45) is 8.96. The lowest BCUT2D eigenvalue weighted by molar-refractivity contribution is -0.131. The highest BCUT2D eigenvalue weighted by molar-refractivity contribution is 5.84. The first-order chi connectivity index (χ1) is 13.0. The average molecular weight is 372 g/mol. The number of rotatable bonds is 7. The van der Waals surface area contributed by atoms with E-state index in [9.17, 15) is 14.0 Å². The van der Waals surface area contributed by atoms with Crippen molar-refractivity contribution in [3.05, 3.63) is 35.6 Å². The van der Waals surface area contributed by atoms with E-state index in [1.165, 1.54) is 50.7 Å². The third kappa shape index (κ3) is 4.50. The van der Waals surface area contributed by atoms with Crippen molar-refractivity contribution in [2.75, 3.05) is 13.1 Å². The lowest BCUT2D eigenvalue weighted by atomic mass is 9.49. The summed E-state index contributed by atoms with van der Waals surface area (Å²) >= 11 is 0. The predicted octanol–water partition coefficient (Wildman–Crippen LogP) is 3.21. The van der Waals surface area contributed by atoms with Crippen molar-refractivity contribution in [3.8, 4) is 0 Å². The fourth-order valence-corrected chi connectivity index (χ4v) is 6.15. The molecule has 1 aromatic carbocycles. The summed E-state index contributed by atoms with van der Waals surface area (Å²) < 4.78 is 12.9. The lowest BCUT2D eigenvalue weighted by Gasteiger charge is -2.56. The van der Waals surface area contributed by atoms with Gasteiger partial charge in [-0.2, -0.15) is 0 Å². The van der Waals surface area contributed by atoms with Gasteiger partial charge in [0.15, 0.2) is 0 Å². The Balaban J connectivity index is 1.17. The summed E-state index contributed by atoms with van der Waals surface area (Å²) in [5, 5.41) is 5.63. The zero-order valence-corrected chi connectivity index (χ0v) is 15.8. The van der Waals surface area contributed by atoms with Crippen LogP contribution >= 0.6 is 0 Å². The van der Waals surface area contributed by atoms with Gasteiger partial charge in [-0.3, -0.25) is 9.59 Å². The molecule has 0 aliphatic heterocycles. The van der Waals surface area contributed by atoms with Crippen LogP contribution in [0.4, 0.5) is 4.39 Å². The van der Waals surface area contributed by atoms with Crippen LogP contribution in [0.5, 0.6) is 0 Å². The van der Waals surface area contributed by atoms with Crippen molar-refractivity contribution in [3.63, 3.8) is 0 Å². The standard InChI is InChI=1S/C22H29FN2O2/c23-19-3-1-15(2-4-19)5-6-24-21(27)14-25-20(26)13-22-10-16-7-17(11-22)9-18(8-16)12-22/h1-4,16-18H,5-14H2,(H,24,27)(H,25,26). The third-order valence-electron chi connectivity index (χ3n) is 6.80. The molecular formula is C22H29FN2O2. The van der Waals surface area contributed by atoms with Gasteiger partial charge in [0.2, 0.25) is 11.8 Å². The minimum Gasteiger partial charge on any atom is -0.354 e. The molecule has 2 amide bonds. The van der Waals surface area contributed by atoms with Gasteiger partial charge >= 0.3 is 0 Å². The minimum absolute atomic E-state index is 0.0191. The van der Waals surface area contributed by atoms with Crippen LogP contribution in [-0.2, 0) is 16.0 Å². The number of carbonyl (C=O) groups excluding carboxylic acids is 2. The molecule has 5 heteroatoms. The summed E-state index contributed by atoms with van der Waals surface area (Å²) in [4.78, 5) is 24.4. The zero-order valence-electron chi connectivity index (χ0n) is 15.8. The molecule has 0 aromatic heterocycles. The molecule has 27 heavy (non-hydrogen) atoms.